The number of rotatable bonds is 6. The highest BCUT2D eigenvalue weighted by atomic mass is 19.2. The number of benzene rings is 1. The van der Waals surface area contributed by atoms with Crippen LogP contribution in [0.4, 0.5) is 8.78 Å². The zero-order valence-corrected chi connectivity index (χ0v) is 10.4. The summed E-state index contributed by atoms with van der Waals surface area (Å²) < 4.78 is 31.4. The van der Waals surface area contributed by atoms with Crippen molar-refractivity contribution in [1.82, 2.24) is 5.32 Å². The summed E-state index contributed by atoms with van der Waals surface area (Å²) in [5, 5.41) is 3.45. The lowest BCUT2D eigenvalue weighted by Gasteiger charge is -2.12. The molecular formula is C14H19F2NO. The molecule has 1 aliphatic carbocycles. The summed E-state index contributed by atoms with van der Waals surface area (Å²) >= 11 is 0. The van der Waals surface area contributed by atoms with Crippen LogP contribution in [0.15, 0.2) is 18.2 Å². The molecule has 0 aliphatic heterocycles. The maximum atomic E-state index is 13.2. The van der Waals surface area contributed by atoms with E-state index >= 15 is 0 Å². The molecule has 1 N–H and O–H groups in total. The summed E-state index contributed by atoms with van der Waals surface area (Å²) in [7, 11) is 0. The molecule has 4 heteroatoms. The molecule has 2 nitrogen and oxygen atoms in total. The quantitative estimate of drug-likeness (QED) is 0.788. The maximum absolute atomic E-state index is 13.2. The molecule has 1 aromatic carbocycles. The molecule has 0 unspecified atom stereocenters. The second-order valence-corrected chi connectivity index (χ2v) is 4.69. The Kier molecular flexibility index (Phi) is 4.93. The number of hydrogen-bond donors (Lipinski definition) is 1. The third-order valence-electron chi connectivity index (χ3n) is 3.28. The molecule has 1 aliphatic rings. The lowest BCUT2D eigenvalue weighted by atomic mass is 10.2. The van der Waals surface area contributed by atoms with Crippen LogP contribution in [0.2, 0.25) is 0 Å². The monoisotopic (exact) mass is 255 g/mol. The summed E-state index contributed by atoms with van der Waals surface area (Å²) in [6.45, 7) is 1.27. The van der Waals surface area contributed by atoms with Crippen molar-refractivity contribution in [2.45, 2.75) is 38.1 Å². The Bertz CT molecular complexity index is 378. The molecule has 0 aromatic heterocycles. The highest BCUT2D eigenvalue weighted by molar-refractivity contribution is 5.24. The van der Waals surface area contributed by atoms with Crippen LogP contribution in [0.3, 0.4) is 0 Å². The van der Waals surface area contributed by atoms with Crippen LogP contribution in [0, 0.1) is 11.6 Å². The first-order valence-corrected chi connectivity index (χ1v) is 6.57. The molecule has 1 saturated carbocycles. The molecule has 0 bridgehead atoms. The summed E-state index contributed by atoms with van der Waals surface area (Å²) in [6, 6.07) is 4.62. The normalized spacial score (nSPS) is 16.1. The van der Waals surface area contributed by atoms with Gasteiger partial charge in [-0.05, 0) is 37.9 Å². The van der Waals surface area contributed by atoms with Gasteiger partial charge in [0.1, 0.15) is 0 Å². The van der Waals surface area contributed by atoms with Crippen molar-refractivity contribution >= 4 is 0 Å². The predicted molar refractivity (Wildman–Crippen MR) is 66.7 cm³/mol. The standard InChI is InChI=1S/C14H19F2NO/c15-12-7-3-8-13(14(12)16)18-10-4-9-17-11-5-1-2-6-11/h3,7-8,11,17H,1-2,4-6,9-10H2. The van der Waals surface area contributed by atoms with E-state index in [1.54, 1.807) is 0 Å². The molecule has 1 fully saturated rings. The number of nitrogens with one attached hydrogen (secondary N) is 1. The number of halogens is 2. The van der Waals surface area contributed by atoms with E-state index < -0.39 is 11.6 Å². The van der Waals surface area contributed by atoms with Crippen molar-refractivity contribution < 1.29 is 13.5 Å². The van der Waals surface area contributed by atoms with Crippen LogP contribution in [-0.2, 0) is 0 Å². The smallest absolute Gasteiger partial charge is 0.200 e. The van der Waals surface area contributed by atoms with Gasteiger partial charge in [0.2, 0.25) is 5.82 Å². The first kappa shape index (κ1) is 13.3. The minimum absolute atomic E-state index is 0.00383. The largest absolute Gasteiger partial charge is 0.490 e. The SMILES string of the molecule is Fc1cccc(OCCCNC2CCCC2)c1F. The highest BCUT2D eigenvalue weighted by Gasteiger charge is 2.13. The lowest BCUT2D eigenvalue weighted by molar-refractivity contribution is 0.285. The fourth-order valence-electron chi connectivity index (χ4n) is 2.29. The van der Waals surface area contributed by atoms with E-state index in [0.717, 1.165) is 19.0 Å². The fourth-order valence-corrected chi connectivity index (χ4v) is 2.29. The Morgan fingerprint density at radius 3 is 2.78 bits per heavy atom. The van der Waals surface area contributed by atoms with Crippen molar-refractivity contribution in [3.05, 3.63) is 29.8 Å². The van der Waals surface area contributed by atoms with E-state index in [0.29, 0.717) is 12.6 Å². The second kappa shape index (κ2) is 6.69. The molecule has 0 atom stereocenters. The fraction of sp³-hybridized carbons (Fsp3) is 0.571. The van der Waals surface area contributed by atoms with Crippen LogP contribution >= 0.6 is 0 Å². The van der Waals surface area contributed by atoms with E-state index in [1.165, 1.54) is 37.8 Å². The van der Waals surface area contributed by atoms with Crippen molar-refractivity contribution in [1.29, 1.82) is 0 Å². The van der Waals surface area contributed by atoms with Crippen LogP contribution in [0.5, 0.6) is 5.75 Å². The van der Waals surface area contributed by atoms with E-state index in [2.05, 4.69) is 5.32 Å². The zero-order chi connectivity index (χ0) is 12.8. The van der Waals surface area contributed by atoms with Crippen LogP contribution in [0.25, 0.3) is 0 Å². The minimum Gasteiger partial charge on any atom is -0.490 e. The molecule has 100 valence electrons. The van der Waals surface area contributed by atoms with Gasteiger partial charge in [0.05, 0.1) is 6.61 Å². The van der Waals surface area contributed by atoms with Gasteiger partial charge in [-0.25, -0.2) is 4.39 Å². The summed E-state index contributed by atoms with van der Waals surface area (Å²) in [4.78, 5) is 0. The molecule has 2 rings (SSSR count). The molecule has 0 spiro atoms. The van der Waals surface area contributed by atoms with Gasteiger partial charge in [-0.15, -0.1) is 0 Å². The summed E-state index contributed by atoms with van der Waals surface area (Å²) in [6.07, 6.45) is 5.91. The van der Waals surface area contributed by atoms with Gasteiger partial charge < -0.3 is 10.1 Å². The molecule has 0 saturated heterocycles. The van der Waals surface area contributed by atoms with E-state index in [1.807, 2.05) is 0 Å². The first-order chi connectivity index (χ1) is 8.77. The molecule has 1 aromatic rings. The van der Waals surface area contributed by atoms with Gasteiger partial charge in [-0.1, -0.05) is 18.9 Å². The van der Waals surface area contributed by atoms with Gasteiger partial charge in [0.15, 0.2) is 11.6 Å². The Morgan fingerprint density at radius 2 is 2.00 bits per heavy atom. The van der Waals surface area contributed by atoms with Gasteiger partial charge in [-0.3, -0.25) is 0 Å². The third kappa shape index (κ3) is 3.67. The predicted octanol–water partition coefficient (Wildman–Crippen LogP) is 3.27. The van der Waals surface area contributed by atoms with Crippen LogP contribution in [0.1, 0.15) is 32.1 Å². The minimum atomic E-state index is -0.902. The van der Waals surface area contributed by atoms with Gasteiger partial charge >= 0.3 is 0 Å². The Hall–Kier alpha value is -1.16. The average Bonchev–Trinajstić information content (AvgIpc) is 2.87. The molecular weight excluding hydrogens is 236 g/mol. The van der Waals surface area contributed by atoms with Gasteiger partial charge in [-0.2, -0.15) is 4.39 Å². The summed E-state index contributed by atoms with van der Waals surface area (Å²) in [5.74, 6) is -1.77. The second-order valence-electron chi connectivity index (χ2n) is 4.69. The van der Waals surface area contributed by atoms with Crippen molar-refractivity contribution in [2.24, 2.45) is 0 Å². The van der Waals surface area contributed by atoms with E-state index in [9.17, 15) is 8.78 Å². The molecule has 0 amide bonds. The lowest BCUT2D eigenvalue weighted by Crippen LogP contribution is -2.27. The van der Waals surface area contributed by atoms with Gasteiger partial charge in [0.25, 0.3) is 0 Å². The highest BCUT2D eigenvalue weighted by Crippen LogP contribution is 2.19. The van der Waals surface area contributed by atoms with Gasteiger partial charge in [0, 0.05) is 6.04 Å². The number of hydrogen-bond acceptors (Lipinski definition) is 2. The average molecular weight is 255 g/mol. The zero-order valence-electron chi connectivity index (χ0n) is 10.4. The van der Waals surface area contributed by atoms with Crippen LogP contribution in [-0.4, -0.2) is 19.2 Å². The van der Waals surface area contributed by atoms with E-state index in [4.69, 9.17) is 4.74 Å². The topological polar surface area (TPSA) is 21.3 Å². The molecule has 18 heavy (non-hydrogen) atoms. The molecule has 0 heterocycles. The van der Waals surface area contributed by atoms with Crippen molar-refractivity contribution in [3.63, 3.8) is 0 Å². The first-order valence-electron chi connectivity index (χ1n) is 6.57. The number of ether oxygens (including phenoxy) is 1. The Morgan fingerprint density at radius 1 is 1.22 bits per heavy atom. The molecule has 0 radical (unpaired) electrons. The Labute approximate surface area is 106 Å². The van der Waals surface area contributed by atoms with Crippen molar-refractivity contribution in [2.75, 3.05) is 13.2 Å². The van der Waals surface area contributed by atoms with E-state index in [-0.39, 0.29) is 5.75 Å². The maximum Gasteiger partial charge on any atom is 0.200 e. The van der Waals surface area contributed by atoms with Crippen LogP contribution < -0.4 is 10.1 Å². The Balaban J connectivity index is 1.64. The summed E-state index contributed by atoms with van der Waals surface area (Å²) in [5.41, 5.74) is 0. The van der Waals surface area contributed by atoms with Crippen molar-refractivity contribution in [3.8, 4) is 5.75 Å². The third-order valence-corrected chi connectivity index (χ3v) is 3.28.